The van der Waals surface area contributed by atoms with Gasteiger partial charge in [-0.1, -0.05) is 13.8 Å². The Morgan fingerprint density at radius 2 is 1.94 bits per heavy atom. The third-order valence-corrected chi connectivity index (χ3v) is 10.2. The molecule has 4 saturated carbocycles. The number of rotatable bonds is 2. The Kier molecular flexibility index (Phi) is 6.70. The van der Waals surface area contributed by atoms with E-state index in [0.717, 1.165) is 70.4 Å². The molecule has 31 heavy (non-hydrogen) atoms. The van der Waals surface area contributed by atoms with Crippen molar-refractivity contribution >= 4 is 36.2 Å². The lowest BCUT2D eigenvalue weighted by molar-refractivity contribution is -0.206. The molecule has 6 nitrogen and oxygen atoms in total. The van der Waals surface area contributed by atoms with Crippen molar-refractivity contribution in [2.45, 2.75) is 89.8 Å². The molecular weight excluding hydrogens is 503 g/mol. The molecule has 0 radical (unpaired) electrons. The van der Waals surface area contributed by atoms with Crippen LogP contribution in [-0.2, 0) is 0 Å². The summed E-state index contributed by atoms with van der Waals surface area (Å²) in [6, 6.07) is 0. The molecule has 0 aromatic heterocycles. The highest BCUT2D eigenvalue weighted by Crippen LogP contribution is 2.68. The highest BCUT2D eigenvalue weighted by Gasteiger charge is 2.66. The molecule has 1 aliphatic heterocycles. The van der Waals surface area contributed by atoms with Crippen LogP contribution in [0.5, 0.6) is 0 Å². The molecule has 0 saturated heterocycles. The largest absolute Gasteiger partial charge is 0.393 e. The summed E-state index contributed by atoms with van der Waals surface area (Å²) in [6.45, 7) is 6.60. The van der Waals surface area contributed by atoms with Crippen LogP contribution in [0.1, 0.15) is 78.1 Å². The number of hydrogen-bond donors (Lipinski definition) is 4. The molecule has 7 heteroatoms. The first-order valence-electron chi connectivity index (χ1n) is 12.3. The molecule has 0 aromatic carbocycles. The van der Waals surface area contributed by atoms with Crippen LogP contribution in [-0.4, -0.2) is 47.2 Å². The van der Waals surface area contributed by atoms with Gasteiger partial charge in [-0.3, -0.25) is 4.99 Å². The molecule has 5 rings (SSSR count). The zero-order valence-electron chi connectivity index (χ0n) is 19.1. The Morgan fingerprint density at radius 1 is 1.10 bits per heavy atom. The molecule has 0 unspecified atom stereocenters. The first-order chi connectivity index (χ1) is 14.4. The second kappa shape index (κ2) is 8.75. The topological polar surface area (TPSA) is 89.2 Å². The van der Waals surface area contributed by atoms with Crippen molar-refractivity contribution < 1.29 is 10.2 Å². The Hall–Kier alpha value is -0.410. The second-order valence-corrected chi connectivity index (χ2v) is 11.3. The molecule has 4 aliphatic carbocycles. The number of guanidine groups is 1. The summed E-state index contributed by atoms with van der Waals surface area (Å²) in [5.41, 5.74) is 2.69. The molecule has 4 N–H and O–H groups in total. The third kappa shape index (κ3) is 3.74. The number of nitrogens with zero attached hydrogens (tertiary/aromatic N) is 2. The lowest BCUT2D eigenvalue weighted by Gasteiger charge is -2.63. The maximum Gasteiger partial charge on any atom is 0.212 e. The third-order valence-electron chi connectivity index (χ3n) is 10.2. The summed E-state index contributed by atoms with van der Waals surface area (Å²) >= 11 is 0. The van der Waals surface area contributed by atoms with E-state index in [1.807, 2.05) is 0 Å². The first kappa shape index (κ1) is 23.7. The van der Waals surface area contributed by atoms with E-state index >= 15 is 0 Å². The SMILES string of the molecule is C[C@]12CC[C@H](O)C[C@H]1CC[C@@H]1[C@@H]2CC[C@]2(C)[C@@H](/C=N/NC3=NCCCN3)CC[C@]12O.I. The molecule has 0 bridgehead atoms. The van der Waals surface area contributed by atoms with Crippen LogP contribution >= 0.6 is 24.0 Å². The lowest BCUT2D eigenvalue weighted by Crippen LogP contribution is -2.62. The summed E-state index contributed by atoms with van der Waals surface area (Å²) in [5.74, 6) is 2.69. The fourth-order valence-electron chi connectivity index (χ4n) is 8.28. The van der Waals surface area contributed by atoms with Crippen molar-refractivity contribution in [3.63, 3.8) is 0 Å². The molecule has 5 aliphatic rings. The average Bonchev–Trinajstić information content (AvgIpc) is 3.01. The van der Waals surface area contributed by atoms with Gasteiger partial charge in [-0.15, -0.1) is 24.0 Å². The van der Waals surface area contributed by atoms with E-state index in [2.05, 4.69) is 40.9 Å². The van der Waals surface area contributed by atoms with Crippen molar-refractivity contribution in [2.24, 2.45) is 44.6 Å². The minimum atomic E-state index is -0.586. The zero-order chi connectivity index (χ0) is 21.0. The highest BCUT2D eigenvalue weighted by molar-refractivity contribution is 14.0. The van der Waals surface area contributed by atoms with Crippen molar-refractivity contribution in [3.8, 4) is 0 Å². The van der Waals surface area contributed by atoms with Crippen LogP contribution in [0, 0.1) is 34.5 Å². The van der Waals surface area contributed by atoms with Gasteiger partial charge in [0.25, 0.3) is 0 Å². The fourth-order valence-corrected chi connectivity index (χ4v) is 8.28. The van der Waals surface area contributed by atoms with E-state index in [4.69, 9.17) is 0 Å². The van der Waals surface area contributed by atoms with Crippen molar-refractivity contribution in [1.82, 2.24) is 10.7 Å². The van der Waals surface area contributed by atoms with Gasteiger partial charge < -0.3 is 15.5 Å². The van der Waals surface area contributed by atoms with Crippen molar-refractivity contribution in [2.75, 3.05) is 13.1 Å². The van der Waals surface area contributed by atoms with Gasteiger partial charge in [0.15, 0.2) is 0 Å². The Labute approximate surface area is 204 Å². The average molecular weight is 545 g/mol. The molecule has 0 spiro atoms. The molecular formula is C24H41IN4O2. The minimum Gasteiger partial charge on any atom is -0.393 e. The monoisotopic (exact) mass is 544 g/mol. The molecule has 0 aromatic rings. The number of hydrogen-bond acceptors (Lipinski definition) is 6. The van der Waals surface area contributed by atoms with Crippen LogP contribution < -0.4 is 10.7 Å². The summed E-state index contributed by atoms with van der Waals surface area (Å²) in [7, 11) is 0. The number of hydrazone groups is 1. The number of halogens is 1. The number of nitrogens with one attached hydrogen (secondary N) is 2. The minimum absolute atomic E-state index is 0. The van der Waals surface area contributed by atoms with Gasteiger partial charge in [-0.25, -0.2) is 5.43 Å². The maximum atomic E-state index is 12.2. The van der Waals surface area contributed by atoms with Crippen molar-refractivity contribution in [3.05, 3.63) is 0 Å². The smallest absolute Gasteiger partial charge is 0.212 e. The zero-order valence-corrected chi connectivity index (χ0v) is 21.5. The number of aliphatic hydroxyl groups excluding tert-OH is 1. The second-order valence-electron chi connectivity index (χ2n) is 11.3. The van der Waals surface area contributed by atoms with Gasteiger partial charge in [0, 0.05) is 30.6 Å². The van der Waals surface area contributed by atoms with Gasteiger partial charge in [-0.2, -0.15) is 5.10 Å². The van der Waals surface area contributed by atoms with Gasteiger partial charge >= 0.3 is 0 Å². The van der Waals surface area contributed by atoms with Crippen LogP contribution in [0.2, 0.25) is 0 Å². The summed E-state index contributed by atoms with van der Waals surface area (Å²) in [6.07, 6.45) is 12.5. The molecule has 1 heterocycles. The van der Waals surface area contributed by atoms with Crippen LogP contribution in [0.3, 0.4) is 0 Å². The summed E-state index contributed by atoms with van der Waals surface area (Å²) in [4.78, 5) is 4.42. The van der Waals surface area contributed by atoms with Crippen molar-refractivity contribution in [1.29, 1.82) is 0 Å². The first-order valence-corrected chi connectivity index (χ1v) is 12.3. The molecule has 176 valence electrons. The van der Waals surface area contributed by atoms with Gasteiger partial charge in [0.2, 0.25) is 5.96 Å². The number of aliphatic hydroxyl groups is 2. The van der Waals surface area contributed by atoms with E-state index in [-0.39, 0.29) is 40.9 Å². The molecule has 4 fully saturated rings. The van der Waals surface area contributed by atoms with Crippen LogP contribution in [0.4, 0.5) is 0 Å². The summed E-state index contributed by atoms with van der Waals surface area (Å²) < 4.78 is 0. The van der Waals surface area contributed by atoms with Crippen LogP contribution in [0.15, 0.2) is 10.1 Å². The summed E-state index contributed by atoms with van der Waals surface area (Å²) in [5, 5.41) is 30.2. The quantitative estimate of drug-likeness (QED) is 0.243. The Balaban J connectivity index is 0.00000231. The van der Waals surface area contributed by atoms with Gasteiger partial charge in [-0.05, 0) is 87.4 Å². The van der Waals surface area contributed by atoms with Gasteiger partial charge in [0.1, 0.15) is 0 Å². The maximum absolute atomic E-state index is 12.2. The van der Waals surface area contributed by atoms with Gasteiger partial charge in [0.05, 0.1) is 11.7 Å². The lowest BCUT2D eigenvalue weighted by atomic mass is 9.43. The normalized spacial score (nSPS) is 49.2. The van der Waals surface area contributed by atoms with E-state index in [0.29, 0.717) is 23.7 Å². The number of aliphatic imine (C=N–C) groups is 1. The van der Waals surface area contributed by atoms with E-state index in [1.54, 1.807) is 0 Å². The molecule has 0 amide bonds. The van der Waals surface area contributed by atoms with E-state index in [1.165, 1.54) is 12.8 Å². The van der Waals surface area contributed by atoms with E-state index in [9.17, 15) is 10.2 Å². The highest BCUT2D eigenvalue weighted by atomic mass is 127. The van der Waals surface area contributed by atoms with E-state index < -0.39 is 5.60 Å². The predicted octanol–water partition coefficient (Wildman–Crippen LogP) is 3.66. The predicted molar refractivity (Wildman–Crippen MR) is 135 cm³/mol. The Bertz CT molecular complexity index is 732. The molecule has 8 atom stereocenters. The van der Waals surface area contributed by atoms with Crippen LogP contribution in [0.25, 0.3) is 0 Å². The number of fused-ring (bicyclic) bond motifs is 5. The fraction of sp³-hybridized carbons (Fsp3) is 0.917. The Morgan fingerprint density at radius 3 is 2.71 bits per heavy atom. The standard InChI is InChI=1S/C24H40N4O2.HI/c1-22-9-7-18(29)14-16(22)4-5-20-19(22)8-10-23(2)17(6-11-24(20,23)30)15-27-28-21-25-12-3-13-26-21;/h15-20,29-30H,3-14H2,1-2H3,(H2,25,26,28);1H/b27-15+;/t16-,17-,18+,19+,20-,22+,23-,24+;/m1./s1.